The first kappa shape index (κ1) is 18.5. The lowest BCUT2D eigenvalue weighted by Gasteiger charge is -2.13. The monoisotopic (exact) mass is 392 g/mol. The third kappa shape index (κ3) is 4.28. The third-order valence-electron chi connectivity index (χ3n) is 3.46. The number of esters is 1. The normalized spacial score (nSPS) is 11.2. The van der Waals surface area contributed by atoms with Crippen LogP contribution in [0.4, 0.5) is 0 Å². The van der Waals surface area contributed by atoms with Crippen molar-refractivity contribution in [3.05, 3.63) is 57.7 Å². The van der Waals surface area contributed by atoms with Gasteiger partial charge in [0.25, 0.3) is 5.56 Å². The average molecular weight is 393 g/mol. The fourth-order valence-corrected chi connectivity index (χ4v) is 3.35. The van der Waals surface area contributed by atoms with E-state index in [4.69, 9.17) is 20.8 Å². The number of rotatable bonds is 6. The molecule has 2 aromatic heterocycles. The minimum atomic E-state index is -0.366. The Balaban J connectivity index is 2.00. The topological polar surface area (TPSA) is 74.3 Å². The second kappa shape index (κ2) is 7.97. The predicted octanol–water partition coefficient (Wildman–Crippen LogP) is 3.73. The predicted molar refractivity (Wildman–Crippen MR) is 101 cm³/mol. The van der Waals surface area contributed by atoms with Gasteiger partial charge in [-0.1, -0.05) is 23.4 Å². The molecule has 0 spiro atoms. The second-order valence-corrected chi connectivity index (χ2v) is 7.23. The molecule has 0 saturated carbocycles. The van der Waals surface area contributed by atoms with Gasteiger partial charge in [0.05, 0.1) is 35.6 Å². The molecule has 0 N–H and O–H groups in total. The highest BCUT2D eigenvalue weighted by molar-refractivity contribution is 7.99. The summed E-state index contributed by atoms with van der Waals surface area (Å²) in [6, 6.07) is 8.46. The molecule has 2 heterocycles. The molecule has 0 atom stereocenters. The maximum atomic E-state index is 12.9. The highest BCUT2D eigenvalue weighted by Gasteiger charge is 2.16. The standard InChI is InChI=1S/C18H17ClN2O4S/c1-11(2)25-16(22)10-26-18-20-15-8-12(19)5-6-14(15)17(23)21(18)9-13-4-3-7-24-13/h3-8,11H,9-10H2,1-2H3. The lowest BCUT2D eigenvalue weighted by molar-refractivity contribution is -0.144. The van der Waals surface area contributed by atoms with Gasteiger partial charge < -0.3 is 9.15 Å². The van der Waals surface area contributed by atoms with Crippen molar-refractivity contribution in [3.63, 3.8) is 0 Å². The molecule has 0 fully saturated rings. The van der Waals surface area contributed by atoms with E-state index < -0.39 is 0 Å². The summed E-state index contributed by atoms with van der Waals surface area (Å²) >= 11 is 7.16. The molecular formula is C18H17ClN2O4S. The molecule has 0 bridgehead atoms. The van der Waals surface area contributed by atoms with E-state index in [-0.39, 0.29) is 29.9 Å². The summed E-state index contributed by atoms with van der Waals surface area (Å²) in [5.41, 5.74) is 0.265. The molecule has 0 aliphatic rings. The number of fused-ring (bicyclic) bond motifs is 1. The number of ether oxygens (including phenoxy) is 1. The Bertz CT molecular complexity index is 983. The van der Waals surface area contributed by atoms with Crippen molar-refractivity contribution in [2.24, 2.45) is 0 Å². The van der Waals surface area contributed by atoms with E-state index in [1.807, 2.05) is 0 Å². The first-order valence-electron chi connectivity index (χ1n) is 7.99. The molecule has 6 nitrogen and oxygen atoms in total. The molecule has 0 saturated heterocycles. The Morgan fingerprint density at radius 3 is 2.88 bits per heavy atom. The van der Waals surface area contributed by atoms with Crippen LogP contribution in [0.25, 0.3) is 10.9 Å². The Kier molecular flexibility index (Phi) is 5.68. The minimum absolute atomic E-state index is 0.0504. The van der Waals surface area contributed by atoms with Gasteiger partial charge in [0.1, 0.15) is 5.76 Å². The highest BCUT2D eigenvalue weighted by Crippen LogP contribution is 2.21. The number of carbonyl (C=O) groups excluding carboxylic acids is 1. The van der Waals surface area contributed by atoms with Gasteiger partial charge >= 0.3 is 5.97 Å². The third-order valence-corrected chi connectivity index (χ3v) is 4.65. The number of carbonyl (C=O) groups is 1. The van der Waals surface area contributed by atoms with Crippen LogP contribution in [0.3, 0.4) is 0 Å². The Morgan fingerprint density at radius 1 is 1.38 bits per heavy atom. The number of halogens is 1. The second-order valence-electron chi connectivity index (χ2n) is 5.85. The van der Waals surface area contributed by atoms with Crippen LogP contribution < -0.4 is 5.56 Å². The zero-order valence-electron chi connectivity index (χ0n) is 14.3. The van der Waals surface area contributed by atoms with E-state index >= 15 is 0 Å². The van der Waals surface area contributed by atoms with Crippen molar-refractivity contribution < 1.29 is 13.9 Å². The Morgan fingerprint density at radius 2 is 2.19 bits per heavy atom. The fraction of sp³-hybridized carbons (Fsp3) is 0.278. The van der Waals surface area contributed by atoms with E-state index in [0.29, 0.717) is 26.8 Å². The minimum Gasteiger partial charge on any atom is -0.467 e. The molecule has 1 aromatic carbocycles. The van der Waals surface area contributed by atoms with Gasteiger partial charge in [-0.2, -0.15) is 0 Å². The van der Waals surface area contributed by atoms with E-state index in [0.717, 1.165) is 11.8 Å². The molecule has 8 heteroatoms. The van der Waals surface area contributed by atoms with Gasteiger partial charge in [0.2, 0.25) is 0 Å². The maximum absolute atomic E-state index is 12.9. The van der Waals surface area contributed by atoms with Crippen LogP contribution in [0.2, 0.25) is 5.02 Å². The van der Waals surface area contributed by atoms with Gasteiger partial charge in [0, 0.05) is 5.02 Å². The van der Waals surface area contributed by atoms with Crippen molar-refractivity contribution in [3.8, 4) is 0 Å². The molecule has 0 aliphatic carbocycles. The number of aromatic nitrogens is 2. The summed E-state index contributed by atoms with van der Waals surface area (Å²) in [4.78, 5) is 29.3. The smallest absolute Gasteiger partial charge is 0.316 e. The van der Waals surface area contributed by atoms with Crippen molar-refractivity contribution >= 4 is 40.2 Å². The number of thioether (sulfide) groups is 1. The van der Waals surface area contributed by atoms with Crippen molar-refractivity contribution in [1.29, 1.82) is 0 Å². The number of hydrogen-bond donors (Lipinski definition) is 0. The van der Waals surface area contributed by atoms with E-state index in [2.05, 4.69) is 4.98 Å². The SMILES string of the molecule is CC(C)OC(=O)CSc1nc2cc(Cl)ccc2c(=O)n1Cc1ccco1. The van der Waals surface area contributed by atoms with Crippen LogP contribution in [0, 0.1) is 0 Å². The van der Waals surface area contributed by atoms with Gasteiger partial charge in [-0.05, 0) is 44.2 Å². The van der Waals surface area contributed by atoms with Crippen LogP contribution in [0.5, 0.6) is 0 Å². The summed E-state index contributed by atoms with van der Waals surface area (Å²) in [5.74, 6) is 0.304. The van der Waals surface area contributed by atoms with Crippen LogP contribution in [-0.4, -0.2) is 27.4 Å². The number of benzene rings is 1. The first-order valence-corrected chi connectivity index (χ1v) is 9.35. The molecule has 3 rings (SSSR count). The van der Waals surface area contributed by atoms with E-state index in [9.17, 15) is 9.59 Å². The molecule has 0 unspecified atom stereocenters. The molecule has 0 aliphatic heterocycles. The lowest BCUT2D eigenvalue weighted by Crippen LogP contribution is -2.24. The van der Waals surface area contributed by atoms with E-state index in [1.165, 1.54) is 4.57 Å². The summed E-state index contributed by atoms with van der Waals surface area (Å²) < 4.78 is 12.0. The first-order chi connectivity index (χ1) is 12.4. The van der Waals surface area contributed by atoms with Crippen molar-refractivity contribution in [2.45, 2.75) is 31.7 Å². The fourth-order valence-electron chi connectivity index (χ4n) is 2.40. The quantitative estimate of drug-likeness (QED) is 0.361. The lowest BCUT2D eigenvalue weighted by atomic mass is 10.2. The van der Waals surface area contributed by atoms with Gasteiger partial charge in [0.15, 0.2) is 5.16 Å². The molecule has 0 radical (unpaired) electrons. The van der Waals surface area contributed by atoms with Gasteiger partial charge in [-0.15, -0.1) is 0 Å². The maximum Gasteiger partial charge on any atom is 0.316 e. The number of nitrogens with zero attached hydrogens (tertiary/aromatic N) is 2. The summed E-state index contributed by atoms with van der Waals surface area (Å²) in [6.45, 7) is 3.79. The van der Waals surface area contributed by atoms with Gasteiger partial charge in [-0.3, -0.25) is 14.2 Å². The largest absolute Gasteiger partial charge is 0.467 e. The zero-order valence-corrected chi connectivity index (χ0v) is 15.8. The van der Waals surface area contributed by atoms with Crippen LogP contribution in [0.1, 0.15) is 19.6 Å². The van der Waals surface area contributed by atoms with Crippen molar-refractivity contribution in [1.82, 2.24) is 9.55 Å². The Labute approximate surface area is 159 Å². The molecule has 26 heavy (non-hydrogen) atoms. The van der Waals surface area contributed by atoms with Crippen molar-refractivity contribution in [2.75, 3.05) is 5.75 Å². The molecule has 0 amide bonds. The number of furan rings is 1. The van der Waals surface area contributed by atoms with Crippen LogP contribution in [-0.2, 0) is 16.1 Å². The van der Waals surface area contributed by atoms with Crippen LogP contribution >= 0.6 is 23.4 Å². The molecular weight excluding hydrogens is 376 g/mol. The average Bonchev–Trinajstić information content (AvgIpc) is 3.08. The highest BCUT2D eigenvalue weighted by atomic mass is 35.5. The summed E-state index contributed by atoms with van der Waals surface area (Å²) in [6.07, 6.45) is 1.35. The Hall–Kier alpha value is -2.25. The zero-order chi connectivity index (χ0) is 18.7. The molecule has 136 valence electrons. The summed E-state index contributed by atoms with van der Waals surface area (Å²) in [7, 11) is 0. The van der Waals surface area contributed by atoms with Crippen LogP contribution in [0.15, 0.2) is 51.0 Å². The molecule has 3 aromatic rings. The van der Waals surface area contributed by atoms with Gasteiger partial charge in [-0.25, -0.2) is 4.98 Å². The summed E-state index contributed by atoms with van der Waals surface area (Å²) in [5, 5.41) is 1.35. The van der Waals surface area contributed by atoms with E-state index in [1.54, 1.807) is 50.4 Å². The number of hydrogen-bond acceptors (Lipinski definition) is 6.